The van der Waals surface area contributed by atoms with Crippen LogP contribution in [0.5, 0.6) is 0 Å². The summed E-state index contributed by atoms with van der Waals surface area (Å²) in [5, 5.41) is 12.1. The molecule has 2 fully saturated rings. The van der Waals surface area contributed by atoms with E-state index in [2.05, 4.69) is 46.1 Å². The van der Waals surface area contributed by atoms with Crippen molar-refractivity contribution in [3.63, 3.8) is 0 Å². The average molecular weight is 472 g/mol. The fraction of sp³-hybridized carbons (Fsp3) is 0.640. The molecule has 1 aliphatic carbocycles. The molecule has 1 saturated carbocycles. The van der Waals surface area contributed by atoms with Crippen molar-refractivity contribution in [1.29, 1.82) is 0 Å². The Morgan fingerprint density at radius 2 is 2.03 bits per heavy atom. The number of ketones is 1. The van der Waals surface area contributed by atoms with Gasteiger partial charge in [-0.05, 0) is 57.2 Å². The highest BCUT2D eigenvalue weighted by atomic mass is 16.5. The topological polar surface area (TPSA) is 111 Å². The number of aromatic nitrogens is 2. The summed E-state index contributed by atoms with van der Waals surface area (Å²) in [4.78, 5) is 37.6. The third kappa shape index (κ3) is 4.90. The van der Waals surface area contributed by atoms with Crippen LogP contribution in [0.25, 0.3) is 11.0 Å². The zero-order valence-corrected chi connectivity index (χ0v) is 20.7. The van der Waals surface area contributed by atoms with E-state index in [0.29, 0.717) is 31.3 Å². The lowest BCUT2D eigenvalue weighted by Crippen LogP contribution is -2.52. The molecule has 3 N–H and O–H groups in total. The number of nitrogens with zero attached hydrogens (tertiary/aromatic N) is 3. The Kier molecular flexibility index (Phi) is 7.14. The van der Waals surface area contributed by atoms with Crippen LogP contribution in [0.15, 0.2) is 12.1 Å². The molecule has 2 aliphatic rings. The molecule has 0 spiro atoms. The zero-order valence-electron chi connectivity index (χ0n) is 20.7. The van der Waals surface area contributed by atoms with Gasteiger partial charge in [-0.15, -0.1) is 0 Å². The van der Waals surface area contributed by atoms with E-state index in [4.69, 9.17) is 9.72 Å². The molecule has 1 aliphatic heterocycles. The molecule has 1 saturated heterocycles. The van der Waals surface area contributed by atoms with E-state index in [1.54, 1.807) is 0 Å². The minimum Gasteiger partial charge on any atom is -0.453 e. The van der Waals surface area contributed by atoms with Crippen molar-refractivity contribution in [2.75, 3.05) is 44.8 Å². The lowest BCUT2D eigenvalue weighted by molar-refractivity contribution is 0.0715. The number of aryl methyl sites for hydroxylation is 1. The Bertz CT molecular complexity index is 1040. The normalized spacial score (nSPS) is 26.0. The second-order valence-corrected chi connectivity index (χ2v) is 10.1. The van der Waals surface area contributed by atoms with E-state index in [-0.39, 0.29) is 18.4 Å². The molecule has 1 unspecified atom stereocenters. The molecule has 186 valence electrons. The maximum absolute atomic E-state index is 13.5. The molecule has 34 heavy (non-hydrogen) atoms. The summed E-state index contributed by atoms with van der Waals surface area (Å²) in [6.45, 7) is 9.91. The molecule has 9 nitrogen and oxygen atoms in total. The van der Waals surface area contributed by atoms with Crippen molar-refractivity contribution in [2.45, 2.75) is 58.5 Å². The van der Waals surface area contributed by atoms with Crippen molar-refractivity contribution in [3.8, 4) is 0 Å². The fourth-order valence-corrected chi connectivity index (χ4v) is 5.44. The Labute approximate surface area is 200 Å². The number of carbonyl (C=O) groups is 2. The van der Waals surface area contributed by atoms with Gasteiger partial charge in [-0.1, -0.05) is 6.92 Å². The molecule has 1 aromatic carbocycles. The van der Waals surface area contributed by atoms with Crippen LogP contribution in [0.2, 0.25) is 0 Å². The first-order valence-electron chi connectivity index (χ1n) is 12.2. The maximum atomic E-state index is 13.5. The van der Waals surface area contributed by atoms with Gasteiger partial charge in [0.05, 0.1) is 24.8 Å². The highest BCUT2D eigenvalue weighted by Gasteiger charge is 2.40. The number of benzene rings is 1. The summed E-state index contributed by atoms with van der Waals surface area (Å²) < 4.78 is 4.69. The van der Waals surface area contributed by atoms with Gasteiger partial charge >= 0.3 is 6.09 Å². The molecule has 2 heterocycles. The van der Waals surface area contributed by atoms with E-state index in [1.165, 1.54) is 7.11 Å². The number of alkyl carbamates (subject to hydrolysis) is 1. The number of Topliss-reactive ketones (excluding diaryl/α,β-unsaturated/α-hetero) is 1. The zero-order chi connectivity index (χ0) is 24.5. The van der Waals surface area contributed by atoms with Gasteiger partial charge in [-0.2, -0.15) is 0 Å². The molecule has 1 amide bonds. The van der Waals surface area contributed by atoms with Crippen molar-refractivity contribution < 1.29 is 19.4 Å². The van der Waals surface area contributed by atoms with Gasteiger partial charge in [0, 0.05) is 49.4 Å². The number of imidazole rings is 1. The van der Waals surface area contributed by atoms with E-state index in [1.807, 2.05) is 6.92 Å². The van der Waals surface area contributed by atoms with E-state index in [0.717, 1.165) is 54.8 Å². The number of H-pyrrole nitrogens is 1. The molecule has 1 atom stereocenters. The number of methoxy groups -OCH3 is 1. The quantitative estimate of drug-likeness (QED) is 0.556. The van der Waals surface area contributed by atoms with Crippen LogP contribution in [-0.4, -0.2) is 83.8 Å². The number of amides is 1. The monoisotopic (exact) mass is 471 g/mol. The summed E-state index contributed by atoms with van der Waals surface area (Å²) in [5.41, 5.74) is 3.48. The van der Waals surface area contributed by atoms with E-state index in [9.17, 15) is 14.7 Å². The third-order valence-corrected chi connectivity index (χ3v) is 7.60. The number of rotatable bonds is 6. The van der Waals surface area contributed by atoms with E-state index >= 15 is 0 Å². The first kappa shape index (κ1) is 24.5. The number of hydrogen-bond donors (Lipinski definition) is 3. The number of hydrogen-bond acceptors (Lipinski definition) is 7. The molecule has 4 rings (SSSR count). The van der Waals surface area contributed by atoms with Crippen LogP contribution in [0.3, 0.4) is 0 Å². The number of anilines is 1. The summed E-state index contributed by atoms with van der Waals surface area (Å²) in [6, 6.07) is 4.54. The number of aromatic amines is 1. The van der Waals surface area contributed by atoms with Crippen molar-refractivity contribution in [3.05, 3.63) is 23.5 Å². The number of fused-ring (bicyclic) bond motifs is 1. The molecule has 0 radical (unpaired) electrons. The smallest absolute Gasteiger partial charge is 0.407 e. The highest BCUT2D eigenvalue weighted by molar-refractivity contribution is 6.00. The first-order chi connectivity index (χ1) is 16.2. The summed E-state index contributed by atoms with van der Waals surface area (Å²) >= 11 is 0. The van der Waals surface area contributed by atoms with E-state index < -0.39 is 11.5 Å². The number of aliphatic hydroxyl groups is 1. The summed E-state index contributed by atoms with van der Waals surface area (Å²) in [6.07, 6.45) is 2.43. The largest absolute Gasteiger partial charge is 0.453 e. The van der Waals surface area contributed by atoms with Crippen LogP contribution in [0, 0.1) is 12.3 Å². The average Bonchev–Trinajstić information content (AvgIpc) is 3.22. The summed E-state index contributed by atoms with van der Waals surface area (Å²) in [5.74, 6) is 0.444. The molecule has 9 heteroatoms. The number of carbonyl (C=O) groups excluding carboxylic acids is 2. The molecule has 2 aromatic rings. The molecular weight excluding hydrogens is 434 g/mol. The lowest BCUT2D eigenvalue weighted by Gasteiger charge is -2.41. The van der Waals surface area contributed by atoms with Gasteiger partial charge in [-0.25, -0.2) is 9.78 Å². The van der Waals surface area contributed by atoms with Crippen LogP contribution in [0.1, 0.15) is 55.7 Å². The number of piperazine rings is 1. The van der Waals surface area contributed by atoms with Crippen LogP contribution in [-0.2, 0) is 4.74 Å². The molecular formula is C25H37N5O4. The van der Waals surface area contributed by atoms with Crippen molar-refractivity contribution in [2.24, 2.45) is 5.41 Å². The molecule has 1 aromatic heterocycles. The Balaban J connectivity index is 1.50. The third-order valence-electron chi connectivity index (χ3n) is 7.60. The first-order valence-corrected chi connectivity index (χ1v) is 12.2. The molecule has 0 bridgehead atoms. The lowest BCUT2D eigenvalue weighted by atomic mass is 9.71. The summed E-state index contributed by atoms with van der Waals surface area (Å²) in [7, 11) is 1.36. The standard InChI is InChI=1S/C25H37N5O4/c1-16-13-19-20(14-21(16)30-10-9-29(11-12-31)15-17(30)2)28-23(27-19)22(32)25(3)7-5-18(6-8-25)26-24(33)34-4/h13-14,17-18,31H,5-12,15H2,1-4H3,(H,26,33)(H,27,28). The predicted octanol–water partition coefficient (Wildman–Crippen LogP) is 2.86. The Morgan fingerprint density at radius 3 is 2.68 bits per heavy atom. The van der Waals surface area contributed by atoms with Gasteiger partial charge in [0.15, 0.2) is 5.82 Å². The minimum atomic E-state index is -0.502. The van der Waals surface area contributed by atoms with Gasteiger partial charge in [0.2, 0.25) is 5.78 Å². The number of ether oxygens (including phenoxy) is 1. The maximum Gasteiger partial charge on any atom is 0.407 e. The van der Waals surface area contributed by atoms with Crippen molar-refractivity contribution in [1.82, 2.24) is 20.2 Å². The predicted molar refractivity (Wildman–Crippen MR) is 131 cm³/mol. The highest BCUT2D eigenvalue weighted by Crippen LogP contribution is 2.39. The number of β-amino-alcohol motifs (C(OH)–C–C–N with tert-alkyl or cyclic N) is 1. The fourth-order valence-electron chi connectivity index (χ4n) is 5.44. The van der Waals surface area contributed by atoms with Gasteiger partial charge in [-0.3, -0.25) is 9.69 Å². The number of aliphatic hydroxyl groups excluding tert-OH is 1. The Hall–Kier alpha value is -2.65. The number of nitrogens with one attached hydrogen (secondary N) is 2. The van der Waals surface area contributed by atoms with Crippen LogP contribution in [0.4, 0.5) is 10.5 Å². The Morgan fingerprint density at radius 1 is 1.29 bits per heavy atom. The van der Waals surface area contributed by atoms with Gasteiger partial charge in [0.1, 0.15) is 0 Å². The van der Waals surface area contributed by atoms with Crippen LogP contribution >= 0.6 is 0 Å². The second kappa shape index (κ2) is 9.92. The van der Waals surface area contributed by atoms with Crippen LogP contribution < -0.4 is 10.2 Å². The second-order valence-electron chi connectivity index (χ2n) is 10.1. The van der Waals surface area contributed by atoms with Crippen molar-refractivity contribution >= 4 is 28.6 Å². The van der Waals surface area contributed by atoms with Gasteiger partial charge in [0.25, 0.3) is 0 Å². The SMILES string of the molecule is COC(=O)NC1CCC(C)(C(=O)c2nc3cc(N4CCN(CCO)CC4C)c(C)cc3[nH]2)CC1. The minimum absolute atomic E-state index is 0.0328. The van der Waals surface area contributed by atoms with Gasteiger partial charge < -0.3 is 25.0 Å².